The number of nitro benzene ring substituents is 1. The number of hydrogen-bond donors (Lipinski definition) is 2. The van der Waals surface area contributed by atoms with E-state index in [0.29, 0.717) is 18.6 Å². The van der Waals surface area contributed by atoms with Crippen molar-refractivity contribution in [3.8, 4) is 5.75 Å². The first-order valence-corrected chi connectivity index (χ1v) is 13.0. The van der Waals surface area contributed by atoms with E-state index in [1.807, 2.05) is 12.1 Å². The molecule has 0 aliphatic carbocycles. The Balaban J connectivity index is 1.77. The van der Waals surface area contributed by atoms with E-state index in [0.717, 1.165) is 36.4 Å². The number of nitrogens with two attached hydrogens (primary N) is 1. The van der Waals surface area contributed by atoms with Crippen molar-refractivity contribution in [2.75, 3.05) is 18.9 Å². The summed E-state index contributed by atoms with van der Waals surface area (Å²) in [7, 11) is -1.68. The number of rotatable bonds is 12. The minimum atomic E-state index is -4.28. The maximum absolute atomic E-state index is 12.9. The third-order valence-electron chi connectivity index (χ3n) is 5.89. The average molecular weight is 559 g/mol. The van der Waals surface area contributed by atoms with Crippen LogP contribution in [0.3, 0.4) is 0 Å². The van der Waals surface area contributed by atoms with Crippen LogP contribution >= 0.6 is 0 Å². The van der Waals surface area contributed by atoms with Crippen LogP contribution in [0.25, 0.3) is 0 Å². The van der Waals surface area contributed by atoms with E-state index in [-0.39, 0.29) is 22.2 Å². The summed E-state index contributed by atoms with van der Waals surface area (Å²) in [6.45, 7) is 1.38. The van der Waals surface area contributed by atoms with Gasteiger partial charge in [0.1, 0.15) is 10.6 Å². The largest absolute Gasteiger partial charge is 0.497 e. The Morgan fingerprint density at radius 3 is 2.18 bits per heavy atom. The fraction of sp³-hybridized carbons (Fsp3) is 0.240. The number of nitrogens with one attached hydrogen (secondary N) is 1. The number of sulfonamides is 1. The lowest BCUT2D eigenvalue weighted by Crippen LogP contribution is -2.39. The van der Waals surface area contributed by atoms with Crippen LogP contribution in [0.15, 0.2) is 71.6 Å². The van der Waals surface area contributed by atoms with Crippen LogP contribution in [-0.4, -0.2) is 43.4 Å². The monoisotopic (exact) mass is 558 g/mol. The van der Waals surface area contributed by atoms with Gasteiger partial charge in [-0.1, -0.05) is 24.3 Å². The number of nitrogens with zero attached hydrogens (tertiary/aromatic N) is 3. The van der Waals surface area contributed by atoms with Gasteiger partial charge in [-0.15, -0.1) is 0 Å². The van der Waals surface area contributed by atoms with Crippen LogP contribution in [0.5, 0.6) is 5.75 Å². The minimum absolute atomic E-state index is 0.0331. The van der Waals surface area contributed by atoms with Gasteiger partial charge in [0.05, 0.1) is 29.0 Å². The van der Waals surface area contributed by atoms with Crippen LogP contribution in [0.1, 0.15) is 30.5 Å². The van der Waals surface area contributed by atoms with E-state index in [9.17, 15) is 28.2 Å². The Morgan fingerprint density at radius 1 is 1.03 bits per heavy atom. The zero-order valence-electron chi connectivity index (χ0n) is 21.4. The summed E-state index contributed by atoms with van der Waals surface area (Å²) in [5.41, 5.74) is 0.946. The summed E-state index contributed by atoms with van der Waals surface area (Å²) in [6, 6.07) is 16.0. The summed E-state index contributed by atoms with van der Waals surface area (Å²) in [5, 5.41) is 12.4. The molecule has 0 aromatic heterocycles. The Kier molecular flexibility index (Phi) is 9.16. The van der Waals surface area contributed by atoms with E-state index in [1.165, 1.54) is 24.1 Å². The molecular weight excluding hydrogens is 530 g/mol. The number of hydrazine groups is 1. The molecule has 0 aliphatic heterocycles. The molecular formula is C25H28N5O8S+. The number of benzene rings is 3. The highest BCUT2D eigenvalue weighted by atomic mass is 32.2. The quantitative estimate of drug-likeness (QED) is 0.145. The van der Waals surface area contributed by atoms with Gasteiger partial charge in [0, 0.05) is 24.7 Å². The van der Waals surface area contributed by atoms with Gasteiger partial charge < -0.3 is 4.74 Å². The second kappa shape index (κ2) is 12.3. The maximum Gasteiger partial charge on any atom is 0.324 e. The summed E-state index contributed by atoms with van der Waals surface area (Å²) >= 11 is 0. The third-order valence-corrected chi connectivity index (χ3v) is 7.25. The van der Waals surface area contributed by atoms with E-state index < -0.39 is 31.6 Å². The number of carbonyl (C=O) groups is 1. The van der Waals surface area contributed by atoms with Crippen molar-refractivity contribution in [2.24, 2.45) is 5.84 Å². The molecule has 1 unspecified atom stereocenters. The second-order valence-corrected chi connectivity index (χ2v) is 10.1. The average Bonchev–Trinajstić information content (AvgIpc) is 2.93. The molecule has 0 fully saturated rings. The Labute approximate surface area is 224 Å². The standard InChI is InChI=1S/C25H28N5O8S/c1-17(31)28(26)25(19-7-11-23(37-2)12-8-19)13-6-18-4-9-20(10-5-18)27-39(35,36)24-15-21(29(32)33)14-22(16-24)30(34)38-3/h4-5,7-12,14-16,25,27H,6,13,26H2,1-3H3/q+1. The molecule has 0 spiro atoms. The first-order valence-electron chi connectivity index (χ1n) is 11.6. The van der Waals surface area contributed by atoms with Gasteiger partial charge in [0.2, 0.25) is 5.91 Å². The zero-order chi connectivity index (χ0) is 28.7. The van der Waals surface area contributed by atoms with Gasteiger partial charge in [-0.05, 0) is 48.2 Å². The van der Waals surface area contributed by atoms with Crippen molar-refractivity contribution < 1.29 is 32.6 Å². The van der Waals surface area contributed by atoms with Crippen LogP contribution in [0, 0.1) is 15.0 Å². The molecule has 39 heavy (non-hydrogen) atoms. The van der Waals surface area contributed by atoms with Gasteiger partial charge in [-0.3, -0.25) is 24.6 Å². The smallest absolute Gasteiger partial charge is 0.324 e. The van der Waals surface area contributed by atoms with Gasteiger partial charge >= 0.3 is 5.69 Å². The number of amides is 1. The van der Waals surface area contributed by atoms with Gasteiger partial charge in [0.25, 0.3) is 20.6 Å². The lowest BCUT2D eigenvalue weighted by molar-refractivity contribution is -0.736. The lowest BCUT2D eigenvalue weighted by atomic mass is 9.98. The SMILES string of the molecule is COc1ccc(C(CCc2ccc(NS(=O)(=O)c3cc([N+](=O)[O-])cc([N+](=O)OC)c3)cc2)N(N)C(C)=O)cc1. The first kappa shape index (κ1) is 29.0. The summed E-state index contributed by atoms with van der Waals surface area (Å²) in [6.07, 6.45) is 1.02. The van der Waals surface area contributed by atoms with Crippen LogP contribution < -0.4 is 15.3 Å². The van der Waals surface area contributed by atoms with Crippen molar-refractivity contribution in [3.63, 3.8) is 0 Å². The molecule has 206 valence electrons. The second-order valence-electron chi connectivity index (χ2n) is 8.44. The fourth-order valence-corrected chi connectivity index (χ4v) is 4.92. The number of aryl methyl sites for hydroxylation is 1. The van der Waals surface area contributed by atoms with E-state index >= 15 is 0 Å². The number of methoxy groups -OCH3 is 1. The zero-order valence-corrected chi connectivity index (χ0v) is 22.3. The predicted molar refractivity (Wildman–Crippen MR) is 141 cm³/mol. The van der Waals surface area contributed by atoms with E-state index in [4.69, 9.17) is 10.6 Å². The molecule has 0 saturated heterocycles. The minimum Gasteiger partial charge on any atom is -0.497 e. The number of non-ortho nitro benzene ring substituents is 1. The molecule has 0 saturated carbocycles. The number of ether oxygens (including phenoxy) is 1. The van der Waals surface area contributed by atoms with Crippen molar-refractivity contribution >= 4 is 33.0 Å². The molecule has 3 aromatic rings. The van der Waals surface area contributed by atoms with Crippen LogP contribution in [-0.2, 0) is 26.1 Å². The molecule has 3 N–H and O–H groups in total. The van der Waals surface area contributed by atoms with Crippen molar-refractivity contribution in [3.05, 3.63) is 92.9 Å². The van der Waals surface area contributed by atoms with Gasteiger partial charge in [0.15, 0.2) is 7.11 Å². The molecule has 0 radical (unpaired) electrons. The highest BCUT2D eigenvalue weighted by Crippen LogP contribution is 2.29. The molecule has 13 nitrogen and oxygen atoms in total. The Bertz CT molecular complexity index is 1460. The first-order chi connectivity index (χ1) is 18.4. The molecule has 1 amide bonds. The summed E-state index contributed by atoms with van der Waals surface area (Å²) in [5.74, 6) is 6.42. The van der Waals surface area contributed by atoms with Crippen LogP contribution in [0.4, 0.5) is 17.1 Å². The Hall–Kier alpha value is -4.56. The van der Waals surface area contributed by atoms with Gasteiger partial charge in [-0.25, -0.2) is 19.1 Å². The molecule has 3 aromatic carbocycles. The number of anilines is 1. The number of nitro groups is 1. The number of carbonyl (C=O) groups excluding carboxylic acids is 1. The third kappa shape index (κ3) is 7.27. The molecule has 0 aliphatic rings. The maximum atomic E-state index is 12.9. The van der Waals surface area contributed by atoms with E-state index in [2.05, 4.69) is 9.56 Å². The predicted octanol–water partition coefficient (Wildman–Crippen LogP) is 3.77. The van der Waals surface area contributed by atoms with Crippen LogP contribution in [0.2, 0.25) is 0 Å². The normalized spacial score (nSPS) is 11.8. The van der Waals surface area contributed by atoms with Crippen molar-refractivity contribution in [2.45, 2.75) is 30.7 Å². The van der Waals surface area contributed by atoms with Gasteiger partial charge in [-0.2, -0.15) is 0 Å². The molecule has 0 bridgehead atoms. The topological polar surface area (TPSA) is 174 Å². The molecule has 14 heteroatoms. The lowest BCUT2D eigenvalue weighted by Gasteiger charge is -2.27. The van der Waals surface area contributed by atoms with E-state index in [1.54, 1.807) is 31.4 Å². The Morgan fingerprint density at radius 2 is 1.64 bits per heavy atom. The molecule has 1 atom stereocenters. The van der Waals surface area contributed by atoms with Crippen molar-refractivity contribution in [1.29, 1.82) is 0 Å². The highest BCUT2D eigenvalue weighted by molar-refractivity contribution is 7.92. The summed E-state index contributed by atoms with van der Waals surface area (Å²) in [4.78, 5) is 38.2. The summed E-state index contributed by atoms with van der Waals surface area (Å²) < 4.78 is 33.4. The highest BCUT2D eigenvalue weighted by Gasteiger charge is 2.27. The molecule has 3 rings (SSSR count). The number of hydrogen-bond acceptors (Lipinski definition) is 9. The molecule has 0 heterocycles. The fourth-order valence-electron chi connectivity index (χ4n) is 3.81. The van der Waals surface area contributed by atoms with Crippen molar-refractivity contribution in [1.82, 2.24) is 5.01 Å².